The molecule has 9 heteroatoms. The van der Waals surface area contributed by atoms with Crippen LogP contribution in [0.3, 0.4) is 0 Å². The molecule has 0 radical (unpaired) electrons. The molecule has 5 nitrogen and oxygen atoms in total. The van der Waals surface area contributed by atoms with Crippen LogP contribution in [0.2, 0.25) is 5.02 Å². The zero-order valence-corrected chi connectivity index (χ0v) is 17.9. The van der Waals surface area contributed by atoms with Crippen LogP contribution in [0.25, 0.3) is 11.3 Å². The van der Waals surface area contributed by atoms with Crippen molar-refractivity contribution in [2.75, 3.05) is 25.0 Å². The highest BCUT2D eigenvalue weighted by molar-refractivity contribution is 6.30. The third-order valence-electron chi connectivity index (χ3n) is 6.26. The molecule has 31 heavy (non-hydrogen) atoms. The van der Waals surface area contributed by atoms with Gasteiger partial charge in [0.25, 0.3) is 0 Å². The molecule has 1 aromatic carbocycles. The first-order valence-electron chi connectivity index (χ1n) is 10.3. The number of nitrogens with zero attached hydrogens (tertiary/aromatic N) is 4. The van der Waals surface area contributed by atoms with Crippen molar-refractivity contribution in [2.24, 2.45) is 10.9 Å². The van der Waals surface area contributed by atoms with Gasteiger partial charge in [-0.2, -0.15) is 0 Å². The van der Waals surface area contributed by atoms with E-state index in [1.165, 1.54) is 6.07 Å². The maximum Gasteiger partial charge on any atom is 0.239 e. The summed E-state index contributed by atoms with van der Waals surface area (Å²) in [5.41, 5.74) is 2.18. The normalized spacial score (nSPS) is 24.7. The van der Waals surface area contributed by atoms with Crippen LogP contribution in [0, 0.1) is 11.7 Å². The van der Waals surface area contributed by atoms with Crippen LogP contribution in [0.1, 0.15) is 31.4 Å². The minimum Gasteiger partial charge on any atom is -0.356 e. The number of aromatic nitrogens is 1. The molecular weight excluding hydrogens is 429 g/mol. The summed E-state index contributed by atoms with van der Waals surface area (Å²) in [4.78, 5) is 13.5. The lowest BCUT2D eigenvalue weighted by atomic mass is 10.0. The molecule has 3 aliphatic heterocycles. The molecule has 1 aromatic heterocycles. The second-order valence-corrected chi connectivity index (χ2v) is 8.77. The topological polar surface area (TPSA) is 44.3 Å². The third-order valence-corrected chi connectivity index (χ3v) is 6.49. The molecule has 0 bridgehead atoms. The number of halogens is 4. The molecule has 4 heterocycles. The highest BCUT2D eigenvalue weighted by Crippen LogP contribution is 2.51. The van der Waals surface area contributed by atoms with Crippen LogP contribution < -0.4 is 4.90 Å². The van der Waals surface area contributed by atoms with Crippen molar-refractivity contribution < 1.29 is 17.9 Å². The zero-order valence-electron chi connectivity index (χ0n) is 17.2. The van der Waals surface area contributed by atoms with Crippen molar-refractivity contribution in [3.8, 4) is 11.3 Å². The van der Waals surface area contributed by atoms with Gasteiger partial charge in [-0.15, -0.1) is 0 Å². The van der Waals surface area contributed by atoms with E-state index in [-0.39, 0.29) is 24.7 Å². The molecule has 2 saturated heterocycles. The number of likely N-dealkylation sites (N-methyl/N-ethyl adjacent to an activating group) is 1. The second kappa shape index (κ2) is 7.67. The minimum atomic E-state index is -2.32. The van der Waals surface area contributed by atoms with E-state index in [0.29, 0.717) is 47.3 Å². The fourth-order valence-electron chi connectivity index (χ4n) is 4.48. The number of alkyl halides is 2. The number of fused-ring (bicyclic) bond motifs is 3. The lowest BCUT2D eigenvalue weighted by Gasteiger charge is -2.21. The van der Waals surface area contributed by atoms with Gasteiger partial charge < -0.3 is 14.5 Å². The van der Waals surface area contributed by atoms with Gasteiger partial charge in [-0.3, -0.25) is 0 Å². The van der Waals surface area contributed by atoms with E-state index in [1.54, 1.807) is 12.1 Å². The maximum atomic E-state index is 14.9. The maximum absolute atomic E-state index is 14.9. The molecule has 2 fully saturated rings. The van der Waals surface area contributed by atoms with Gasteiger partial charge in [-0.05, 0) is 37.5 Å². The van der Waals surface area contributed by atoms with E-state index in [0.717, 1.165) is 11.4 Å². The molecule has 2 aromatic rings. The average Bonchev–Trinajstić information content (AvgIpc) is 3.37. The summed E-state index contributed by atoms with van der Waals surface area (Å²) < 4.78 is 46.5. The van der Waals surface area contributed by atoms with Gasteiger partial charge in [0.05, 0.1) is 11.4 Å². The van der Waals surface area contributed by atoms with Crippen molar-refractivity contribution in [3.05, 3.63) is 40.7 Å². The molecule has 0 spiro atoms. The van der Waals surface area contributed by atoms with Crippen molar-refractivity contribution >= 4 is 28.9 Å². The van der Waals surface area contributed by atoms with Crippen molar-refractivity contribution in [2.45, 2.75) is 38.5 Å². The van der Waals surface area contributed by atoms with Crippen LogP contribution in [0.5, 0.6) is 0 Å². The predicted molar refractivity (Wildman–Crippen MR) is 114 cm³/mol. The van der Waals surface area contributed by atoms with E-state index < -0.39 is 12.2 Å². The highest BCUT2D eigenvalue weighted by Gasteiger charge is 2.49. The Bertz CT molecular complexity index is 1060. The first-order chi connectivity index (χ1) is 14.8. The number of aliphatic imine (C=N–C) groups is 1. The molecule has 164 valence electrons. The lowest BCUT2D eigenvalue weighted by molar-refractivity contribution is 0.118. The number of epoxide rings is 1. The summed E-state index contributed by atoms with van der Waals surface area (Å²) >= 11 is 5.96. The van der Waals surface area contributed by atoms with Crippen molar-refractivity contribution in [1.82, 2.24) is 9.88 Å². The number of pyridine rings is 1. The number of amidine groups is 1. The number of ether oxygens (including phenoxy) is 1. The quantitative estimate of drug-likeness (QED) is 0.584. The largest absolute Gasteiger partial charge is 0.356 e. The van der Waals surface area contributed by atoms with Crippen LogP contribution in [0.4, 0.5) is 24.7 Å². The fraction of sp³-hybridized carbons (Fsp3) is 0.455. The number of hydrogen-bond acceptors (Lipinski definition) is 5. The van der Waals surface area contributed by atoms with E-state index in [1.807, 2.05) is 29.8 Å². The number of anilines is 1. The summed E-state index contributed by atoms with van der Waals surface area (Å²) in [5.74, 6) is 0.816. The molecule has 3 aliphatic rings. The molecular formula is C22H22ClF3N4O. The lowest BCUT2D eigenvalue weighted by Crippen LogP contribution is -2.26. The third kappa shape index (κ3) is 3.76. The molecule has 3 atom stereocenters. The molecule has 3 unspecified atom stereocenters. The van der Waals surface area contributed by atoms with E-state index in [9.17, 15) is 13.2 Å². The number of hydrogen-bond donors (Lipinski definition) is 0. The Kier molecular flexibility index (Phi) is 5.09. The van der Waals surface area contributed by atoms with Crippen molar-refractivity contribution in [1.29, 1.82) is 0 Å². The summed E-state index contributed by atoms with van der Waals surface area (Å²) in [6.07, 6.45) is -2.21. The Balaban J connectivity index is 1.62. The summed E-state index contributed by atoms with van der Waals surface area (Å²) in [7, 11) is 1.90. The first kappa shape index (κ1) is 20.6. The number of rotatable bonds is 4. The Hall–Kier alpha value is -2.32. The Morgan fingerprint density at radius 1 is 1.29 bits per heavy atom. The second-order valence-electron chi connectivity index (χ2n) is 8.33. The highest BCUT2D eigenvalue weighted by atomic mass is 35.5. The monoisotopic (exact) mass is 450 g/mol. The van der Waals surface area contributed by atoms with Gasteiger partial charge in [-0.1, -0.05) is 11.6 Å². The summed E-state index contributed by atoms with van der Waals surface area (Å²) in [6, 6.07) is 6.35. The smallest absolute Gasteiger partial charge is 0.239 e. The number of benzene rings is 1. The van der Waals surface area contributed by atoms with E-state index >= 15 is 0 Å². The zero-order chi connectivity index (χ0) is 21.9. The van der Waals surface area contributed by atoms with Gasteiger partial charge in [0.1, 0.15) is 23.6 Å². The summed E-state index contributed by atoms with van der Waals surface area (Å²) in [6.45, 7) is 3.01. The predicted octanol–water partition coefficient (Wildman–Crippen LogP) is 5.42. The first-order valence-corrected chi connectivity index (χ1v) is 10.7. The SMILES string of the molecule is CC1=Nc2cc(N3CCC(CC(F)F)C3)nc(-c3ccc(Cl)cc3F)c2C2OC2N1C. The fourth-order valence-corrected chi connectivity index (χ4v) is 4.64. The van der Waals surface area contributed by atoms with Gasteiger partial charge >= 0.3 is 0 Å². The standard InChI is InChI=1S/C22H22ClF3N4O/c1-11-27-16-9-18(30-6-5-12(10-30)7-17(25)26)28-20(14-4-3-13(23)8-15(14)24)19(16)21-22(31-21)29(11)2/h3-4,8-9,12,17,21-22H,5-7,10H2,1-2H3. The Labute approximate surface area is 183 Å². The summed E-state index contributed by atoms with van der Waals surface area (Å²) in [5, 5.41) is 0.298. The van der Waals surface area contributed by atoms with Crippen LogP contribution in [-0.4, -0.2) is 48.5 Å². The van der Waals surface area contributed by atoms with Crippen LogP contribution in [-0.2, 0) is 4.74 Å². The molecule has 0 aliphatic carbocycles. The van der Waals surface area contributed by atoms with E-state index in [4.69, 9.17) is 26.3 Å². The van der Waals surface area contributed by atoms with Crippen LogP contribution in [0.15, 0.2) is 29.3 Å². The molecule has 5 rings (SSSR count). The molecule has 0 N–H and O–H groups in total. The van der Waals surface area contributed by atoms with Gasteiger partial charge in [-0.25, -0.2) is 23.1 Å². The van der Waals surface area contributed by atoms with Gasteiger partial charge in [0.15, 0.2) is 6.23 Å². The van der Waals surface area contributed by atoms with E-state index in [2.05, 4.69) is 0 Å². The average molecular weight is 451 g/mol. The van der Waals surface area contributed by atoms with Crippen LogP contribution >= 0.6 is 11.6 Å². The minimum absolute atomic E-state index is 0.0937. The Morgan fingerprint density at radius 2 is 2.10 bits per heavy atom. The van der Waals surface area contributed by atoms with Crippen molar-refractivity contribution in [3.63, 3.8) is 0 Å². The molecule has 0 amide bonds. The van der Waals surface area contributed by atoms with Gasteiger partial charge in [0.2, 0.25) is 6.43 Å². The Morgan fingerprint density at radius 3 is 2.84 bits per heavy atom. The molecule has 0 saturated carbocycles. The van der Waals surface area contributed by atoms with Gasteiger partial charge in [0, 0.05) is 48.8 Å².